The molecule has 0 spiro atoms. The maximum Gasteiger partial charge on any atom is 0.142 e. The first-order chi connectivity index (χ1) is 8.92. The van der Waals surface area contributed by atoms with Crippen LogP contribution in [0.25, 0.3) is 0 Å². The van der Waals surface area contributed by atoms with Gasteiger partial charge in [0.1, 0.15) is 5.82 Å². The van der Waals surface area contributed by atoms with Crippen molar-refractivity contribution in [1.29, 1.82) is 0 Å². The van der Waals surface area contributed by atoms with Crippen LogP contribution in [0.5, 0.6) is 0 Å². The second kappa shape index (κ2) is 5.80. The lowest BCUT2D eigenvalue weighted by Gasteiger charge is -2.26. The summed E-state index contributed by atoms with van der Waals surface area (Å²) in [7, 11) is 0. The third-order valence-corrected chi connectivity index (χ3v) is 3.25. The molecule has 0 aliphatic rings. The summed E-state index contributed by atoms with van der Waals surface area (Å²) in [6, 6.07) is 0. The SMILES string of the molecule is Cc1nc(CNC(C)(C)C)nc(C(C)(C)C)c1C(C)C. The van der Waals surface area contributed by atoms with Crippen molar-refractivity contribution < 1.29 is 0 Å². The highest BCUT2D eigenvalue weighted by atomic mass is 15.0. The summed E-state index contributed by atoms with van der Waals surface area (Å²) in [6.45, 7) is 20.4. The summed E-state index contributed by atoms with van der Waals surface area (Å²) in [5, 5.41) is 3.47. The van der Waals surface area contributed by atoms with E-state index >= 15 is 0 Å². The van der Waals surface area contributed by atoms with Gasteiger partial charge in [-0.15, -0.1) is 0 Å². The van der Waals surface area contributed by atoms with Crippen molar-refractivity contribution in [3.05, 3.63) is 22.8 Å². The first kappa shape index (κ1) is 17.1. The van der Waals surface area contributed by atoms with Gasteiger partial charge in [0.25, 0.3) is 0 Å². The van der Waals surface area contributed by atoms with Crippen LogP contribution < -0.4 is 5.32 Å². The van der Waals surface area contributed by atoms with Crippen molar-refractivity contribution in [2.24, 2.45) is 0 Å². The van der Waals surface area contributed by atoms with Crippen LogP contribution in [-0.4, -0.2) is 15.5 Å². The zero-order chi connectivity index (χ0) is 15.7. The summed E-state index contributed by atoms with van der Waals surface area (Å²) in [5.41, 5.74) is 3.73. The van der Waals surface area contributed by atoms with Gasteiger partial charge in [-0.05, 0) is 39.2 Å². The molecule has 1 rings (SSSR count). The van der Waals surface area contributed by atoms with Crippen molar-refractivity contribution in [3.8, 4) is 0 Å². The Morgan fingerprint density at radius 3 is 1.95 bits per heavy atom. The van der Waals surface area contributed by atoms with Crippen LogP contribution in [-0.2, 0) is 12.0 Å². The lowest BCUT2D eigenvalue weighted by Crippen LogP contribution is -2.36. The molecule has 1 aromatic heterocycles. The summed E-state index contributed by atoms with van der Waals surface area (Å²) < 4.78 is 0. The van der Waals surface area contributed by atoms with Gasteiger partial charge in [-0.25, -0.2) is 9.97 Å². The smallest absolute Gasteiger partial charge is 0.142 e. The molecule has 3 nitrogen and oxygen atoms in total. The van der Waals surface area contributed by atoms with Gasteiger partial charge in [-0.2, -0.15) is 0 Å². The fourth-order valence-corrected chi connectivity index (χ4v) is 2.33. The van der Waals surface area contributed by atoms with Crippen LogP contribution in [0.2, 0.25) is 0 Å². The monoisotopic (exact) mass is 277 g/mol. The van der Waals surface area contributed by atoms with E-state index in [1.807, 2.05) is 0 Å². The second-order valence-electron chi connectivity index (χ2n) is 8.00. The maximum absolute atomic E-state index is 4.86. The van der Waals surface area contributed by atoms with Crippen LogP contribution >= 0.6 is 0 Å². The number of hydrogen-bond acceptors (Lipinski definition) is 3. The van der Waals surface area contributed by atoms with E-state index in [0.717, 1.165) is 11.5 Å². The molecule has 0 saturated carbocycles. The van der Waals surface area contributed by atoms with E-state index in [0.29, 0.717) is 12.5 Å². The average molecular weight is 277 g/mol. The van der Waals surface area contributed by atoms with Gasteiger partial charge in [0.15, 0.2) is 0 Å². The lowest BCUT2D eigenvalue weighted by atomic mass is 9.84. The number of aromatic nitrogens is 2. The number of rotatable bonds is 3. The van der Waals surface area contributed by atoms with Gasteiger partial charge >= 0.3 is 0 Å². The zero-order valence-corrected chi connectivity index (χ0v) is 14.7. The Labute approximate surface area is 124 Å². The van der Waals surface area contributed by atoms with Crippen LogP contribution in [0.15, 0.2) is 0 Å². The van der Waals surface area contributed by atoms with Crippen LogP contribution in [0.3, 0.4) is 0 Å². The van der Waals surface area contributed by atoms with Crippen LogP contribution in [0, 0.1) is 6.92 Å². The second-order valence-corrected chi connectivity index (χ2v) is 8.00. The van der Waals surface area contributed by atoms with Gasteiger partial charge in [0.2, 0.25) is 0 Å². The van der Waals surface area contributed by atoms with E-state index in [4.69, 9.17) is 9.97 Å². The highest BCUT2D eigenvalue weighted by Crippen LogP contribution is 2.30. The van der Waals surface area contributed by atoms with Crippen LogP contribution in [0.4, 0.5) is 0 Å². The highest BCUT2D eigenvalue weighted by molar-refractivity contribution is 5.33. The molecular formula is C17H31N3. The number of nitrogens with one attached hydrogen (secondary N) is 1. The van der Waals surface area contributed by atoms with E-state index in [-0.39, 0.29) is 11.0 Å². The van der Waals surface area contributed by atoms with Gasteiger partial charge in [-0.3, -0.25) is 0 Å². The normalized spacial score (nSPS) is 13.1. The minimum absolute atomic E-state index is 0.0454. The van der Waals surface area contributed by atoms with E-state index in [2.05, 4.69) is 67.6 Å². The molecule has 0 fully saturated rings. The van der Waals surface area contributed by atoms with Gasteiger partial charge in [0, 0.05) is 16.6 Å². The fraction of sp³-hybridized carbons (Fsp3) is 0.765. The molecule has 1 heterocycles. The Morgan fingerprint density at radius 2 is 1.55 bits per heavy atom. The molecule has 0 bridgehead atoms. The molecule has 3 heteroatoms. The molecule has 0 radical (unpaired) electrons. The van der Waals surface area contributed by atoms with Crippen molar-refractivity contribution in [2.45, 2.75) is 85.7 Å². The minimum Gasteiger partial charge on any atom is -0.305 e. The zero-order valence-electron chi connectivity index (χ0n) is 14.7. The summed E-state index contributed by atoms with van der Waals surface area (Å²) in [5.74, 6) is 1.35. The van der Waals surface area contributed by atoms with E-state index in [1.54, 1.807) is 0 Å². The molecule has 0 aromatic carbocycles. The molecule has 0 amide bonds. The quantitative estimate of drug-likeness (QED) is 0.904. The van der Waals surface area contributed by atoms with Crippen molar-refractivity contribution in [1.82, 2.24) is 15.3 Å². The summed E-state index contributed by atoms with van der Waals surface area (Å²) in [6.07, 6.45) is 0. The van der Waals surface area contributed by atoms with Crippen molar-refractivity contribution in [2.75, 3.05) is 0 Å². The lowest BCUT2D eigenvalue weighted by molar-refractivity contribution is 0.415. The fourth-order valence-electron chi connectivity index (χ4n) is 2.33. The largest absolute Gasteiger partial charge is 0.305 e. The molecule has 0 saturated heterocycles. The molecular weight excluding hydrogens is 246 g/mol. The Kier molecular flexibility index (Phi) is 4.96. The number of nitrogens with zero attached hydrogens (tertiary/aromatic N) is 2. The van der Waals surface area contributed by atoms with Crippen molar-refractivity contribution in [3.63, 3.8) is 0 Å². The predicted molar refractivity (Wildman–Crippen MR) is 86.2 cm³/mol. The van der Waals surface area contributed by atoms with Crippen LogP contribution in [0.1, 0.15) is 84.1 Å². The molecule has 0 aliphatic carbocycles. The Morgan fingerprint density at radius 1 is 1.00 bits per heavy atom. The molecule has 1 N–H and O–H groups in total. The predicted octanol–water partition coefficient (Wildman–Crippen LogP) is 4.09. The van der Waals surface area contributed by atoms with Gasteiger partial charge in [-0.1, -0.05) is 34.6 Å². The third kappa shape index (κ3) is 4.55. The Bertz CT molecular complexity index is 462. The molecule has 114 valence electrons. The highest BCUT2D eigenvalue weighted by Gasteiger charge is 2.24. The average Bonchev–Trinajstić information content (AvgIpc) is 2.22. The maximum atomic E-state index is 4.86. The molecule has 0 unspecified atom stereocenters. The number of hydrogen-bond donors (Lipinski definition) is 1. The molecule has 0 atom stereocenters. The molecule has 0 aliphatic heterocycles. The first-order valence-electron chi connectivity index (χ1n) is 7.54. The van der Waals surface area contributed by atoms with Gasteiger partial charge in [0.05, 0.1) is 12.2 Å². The van der Waals surface area contributed by atoms with E-state index < -0.39 is 0 Å². The minimum atomic E-state index is 0.0454. The third-order valence-electron chi connectivity index (χ3n) is 3.25. The molecule has 20 heavy (non-hydrogen) atoms. The standard InChI is InChI=1S/C17H31N3/c1-11(2)14-12(3)19-13(10-18-17(7,8)9)20-15(14)16(4,5)6/h11,18H,10H2,1-9H3. The van der Waals surface area contributed by atoms with Gasteiger partial charge < -0.3 is 5.32 Å². The summed E-state index contributed by atoms with van der Waals surface area (Å²) in [4.78, 5) is 9.55. The Balaban J connectivity index is 3.22. The van der Waals surface area contributed by atoms with E-state index in [9.17, 15) is 0 Å². The number of aryl methyl sites for hydroxylation is 1. The van der Waals surface area contributed by atoms with Crippen molar-refractivity contribution >= 4 is 0 Å². The Hall–Kier alpha value is -0.960. The first-order valence-corrected chi connectivity index (χ1v) is 7.54. The van der Waals surface area contributed by atoms with E-state index in [1.165, 1.54) is 11.3 Å². The topological polar surface area (TPSA) is 37.8 Å². The summed E-state index contributed by atoms with van der Waals surface area (Å²) >= 11 is 0. The molecule has 1 aromatic rings.